The summed E-state index contributed by atoms with van der Waals surface area (Å²) in [4.78, 5) is -0.0215. The van der Waals surface area contributed by atoms with Crippen molar-refractivity contribution in [3.05, 3.63) is 30.5 Å². The number of aryl methyl sites for hydroxylation is 1. The van der Waals surface area contributed by atoms with Crippen LogP contribution in [-0.4, -0.2) is 25.3 Å². The Hall–Kier alpha value is -2.22. The van der Waals surface area contributed by atoms with E-state index in [0.717, 1.165) is 6.42 Å². The van der Waals surface area contributed by atoms with Gasteiger partial charge >= 0.3 is 0 Å². The highest BCUT2D eigenvalue weighted by Gasteiger charge is 2.21. The molecule has 0 bridgehead atoms. The molecule has 0 saturated heterocycles. The van der Waals surface area contributed by atoms with Crippen molar-refractivity contribution in [2.24, 2.45) is 0 Å². The number of anilines is 2. The van der Waals surface area contributed by atoms with Crippen molar-refractivity contribution in [1.82, 2.24) is 9.78 Å². The normalized spacial score (nSPS) is 11.3. The summed E-state index contributed by atoms with van der Waals surface area (Å²) in [6.07, 6.45) is 2.28. The Balaban J connectivity index is 2.24. The van der Waals surface area contributed by atoms with Gasteiger partial charge in [0.1, 0.15) is 10.6 Å². The fourth-order valence-electron chi connectivity index (χ4n) is 1.84. The van der Waals surface area contributed by atoms with E-state index in [0.29, 0.717) is 18.0 Å². The minimum absolute atomic E-state index is 0.00976. The second kappa shape index (κ2) is 6.04. The zero-order chi connectivity index (χ0) is 15.5. The lowest BCUT2D eigenvalue weighted by atomic mass is 10.3. The van der Waals surface area contributed by atoms with Gasteiger partial charge in [0.2, 0.25) is 0 Å². The summed E-state index contributed by atoms with van der Waals surface area (Å²) in [6.45, 7) is 2.59. The molecule has 1 aromatic heterocycles. The lowest BCUT2D eigenvalue weighted by Gasteiger charge is -2.07. The maximum atomic E-state index is 12.3. The van der Waals surface area contributed by atoms with Gasteiger partial charge < -0.3 is 10.5 Å². The van der Waals surface area contributed by atoms with E-state index in [4.69, 9.17) is 10.5 Å². The number of benzene rings is 1. The molecule has 0 saturated carbocycles. The molecule has 0 aliphatic heterocycles. The largest absolute Gasteiger partial charge is 0.497 e. The minimum atomic E-state index is -3.76. The van der Waals surface area contributed by atoms with E-state index < -0.39 is 10.0 Å². The van der Waals surface area contributed by atoms with Crippen molar-refractivity contribution < 1.29 is 13.2 Å². The maximum absolute atomic E-state index is 12.3. The van der Waals surface area contributed by atoms with Gasteiger partial charge in [-0.2, -0.15) is 5.10 Å². The van der Waals surface area contributed by atoms with Crippen LogP contribution in [-0.2, 0) is 16.6 Å². The highest BCUT2D eigenvalue weighted by molar-refractivity contribution is 7.92. The van der Waals surface area contributed by atoms with Gasteiger partial charge in [0.15, 0.2) is 5.82 Å². The van der Waals surface area contributed by atoms with E-state index in [-0.39, 0.29) is 10.7 Å². The molecular formula is C13H18N4O3S. The highest BCUT2D eigenvalue weighted by Crippen LogP contribution is 2.22. The Morgan fingerprint density at radius 2 is 2.00 bits per heavy atom. The number of nitrogen functional groups attached to an aromatic ring is 1. The zero-order valence-electron chi connectivity index (χ0n) is 11.9. The van der Waals surface area contributed by atoms with E-state index in [1.165, 1.54) is 10.9 Å². The predicted octanol–water partition coefficient (Wildman–Crippen LogP) is 1.68. The molecule has 8 heteroatoms. The van der Waals surface area contributed by atoms with Crippen LogP contribution in [0, 0.1) is 0 Å². The summed E-state index contributed by atoms with van der Waals surface area (Å²) < 4.78 is 33.7. The van der Waals surface area contributed by atoms with Gasteiger partial charge in [-0.05, 0) is 30.7 Å². The van der Waals surface area contributed by atoms with Crippen LogP contribution in [0.15, 0.2) is 35.4 Å². The van der Waals surface area contributed by atoms with Gasteiger partial charge in [-0.1, -0.05) is 6.92 Å². The van der Waals surface area contributed by atoms with Crippen LogP contribution in [0.5, 0.6) is 5.75 Å². The van der Waals surface area contributed by atoms with E-state index in [2.05, 4.69) is 9.82 Å². The Labute approximate surface area is 123 Å². The summed E-state index contributed by atoms with van der Waals surface area (Å²) in [5.41, 5.74) is 6.12. The standard InChI is InChI=1S/C13H18N4O3S/c1-3-8-17-9-12(13(14)15-17)21(18,19)16-10-4-6-11(20-2)7-5-10/h4-7,9,16H,3,8H2,1-2H3,(H2,14,15). The highest BCUT2D eigenvalue weighted by atomic mass is 32.2. The van der Waals surface area contributed by atoms with Crippen molar-refractivity contribution in [1.29, 1.82) is 0 Å². The molecular weight excluding hydrogens is 292 g/mol. The first-order chi connectivity index (χ1) is 9.96. The topological polar surface area (TPSA) is 99.2 Å². The molecule has 2 rings (SSSR count). The van der Waals surface area contributed by atoms with Gasteiger partial charge in [0.05, 0.1) is 7.11 Å². The van der Waals surface area contributed by atoms with Crippen LogP contribution < -0.4 is 15.2 Å². The average Bonchev–Trinajstić information content (AvgIpc) is 2.81. The van der Waals surface area contributed by atoms with Crippen LogP contribution in [0.1, 0.15) is 13.3 Å². The summed E-state index contributed by atoms with van der Waals surface area (Å²) in [6, 6.07) is 6.56. The molecule has 2 aromatic rings. The Bertz CT molecular complexity index is 708. The molecule has 0 atom stereocenters. The number of methoxy groups -OCH3 is 1. The Kier molecular flexibility index (Phi) is 4.37. The first kappa shape index (κ1) is 15.2. The maximum Gasteiger partial charge on any atom is 0.267 e. The van der Waals surface area contributed by atoms with E-state index in [1.54, 1.807) is 31.4 Å². The number of nitrogens with zero attached hydrogens (tertiary/aromatic N) is 2. The number of hydrogen-bond donors (Lipinski definition) is 2. The smallest absolute Gasteiger partial charge is 0.267 e. The van der Waals surface area contributed by atoms with Crippen LogP contribution in [0.2, 0.25) is 0 Å². The number of rotatable bonds is 6. The third-order valence-electron chi connectivity index (χ3n) is 2.84. The molecule has 3 N–H and O–H groups in total. The quantitative estimate of drug-likeness (QED) is 0.845. The summed E-state index contributed by atoms with van der Waals surface area (Å²) in [5, 5.41) is 3.99. The van der Waals surface area contributed by atoms with Crippen molar-refractivity contribution in [2.75, 3.05) is 17.6 Å². The molecule has 0 aliphatic carbocycles. The van der Waals surface area contributed by atoms with Crippen molar-refractivity contribution in [3.63, 3.8) is 0 Å². The van der Waals surface area contributed by atoms with E-state index in [9.17, 15) is 8.42 Å². The molecule has 1 heterocycles. The summed E-state index contributed by atoms with van der Waals surface area (Å²) in [5.74, 6) is 0.637. The molecule has 0 amide bonds. The molecule has 1 aromatic carbocycles. The lowest BCUT2D eigenvalue weighted by molar-refractivity contribution is 0.415. The number of nitrogens with one attached hydrogen (secondary N) is 1. The van der Waals surface area contributed by atoms with Gasteiger partial charge in [-0.25, -0.2) is 8.42 Å². The number of ether oxygens (including phenoxy) is 1. The van der Waals surface area contributed by atoms with Crippen LogP contribution in [0.3, 0.4) is 0 Å². The van der Waals surface area contributed by atoms with Crippen molar-refractivity contribution in [3.8, 4) is 5.75 Å². The van der Waals surface area contributed by atoms with E-state index >= 15 is 0 Å². The number of nitrogens with two attached hydrogens (primary N) is 1. The molecule has 114 valence electrons. The second-order valence-corrected chi connectivity index (χ2v) is 6.13. The third-order valence-corrected chi connectivity index (χ3v) is 4.24. The van der Waals surface area contributed by atoms with Gasteiger partial charge in [-0.3, -0.25) is 9.40 Å². The number of hydrogen-bond acceptors (Lipinski definition) is 5. The van der Waals surface area contributed by atoms with Crippen LogP contribution >= 0.6 is 0 Å². The molecule has 0 spiro atoms. The fraction of sp³-hybridized carbons (Fsp3) is 0.308. The molecule has 0 unspecified atom stereocenters. The third kappa shape index (κ3) is 3.46. The Morgan fingerprint density at radius 3 is 2.57 bits per heavy atom. The zero-order valence-corrected chi connectivity index (χ0v) is 12.7. The second-order valence-electron chi connectivity index (χ2n) is 4.48. The van der Waals surface area contributed by atoms with Gasteiger partial charge in [0.25, 0.3) is 10.0 Å². The van der Waals surface area contributed by atoms with Crippen molar-refractivity contribution in [2.45, 2.75) is 24.8 Å². The molecule has 0 radical (unpaired) electrons. The molecule has 7 nitrogen and oxygen atoms in total. The first-order valence-corrected chi connectivity index (χ1v) is 7.94. The van der Waals surface area contributed by atoms with Gasteiger partial charge in [-0.15, -0.1) is 0 Å². The molecule has 21 heavy (non-hydrogen) atoms. The SMILES string of the molecule is CCCn1cc(S(=O)(=O)Nc2ccc(OC)cc2)c(N)n1. The summed E-state index contributed by atoms with van der Waals surface area (Å²) in [7, 11) is -2.22. The van der Waals surface area contributed by atoms with Crippen LogP contribution in [0.25, 0.3) is 0 Å². The predicted molar refractivity (Wildman–Crippen MR) is 80.7 cm³/mol. The first-order valence-electron chi connectivity index (χ1n) is 6.46. The van der Waals surface area contributed by atoms with E-state index in [1.807, 2.05) is 6.92 Å². The van der Waals surface area contributed by atoms with Crippen molar-refractivity contribution >= 4 is 21.5 Å². The fourth-order valence-corrected chi connectivity index (χ4v) is 2.97. The molecule has 0 fully saturated rings. The number of aromatic nitrogens is 2. The average molecular weight is 310 g/mol. The monoisotopic (exact) mass is 310 g/mol. The van der Waals surface area contributed by atoms with Crippen LogP contribution in [0.4, 0.5) is 11.5 Å². The number of sulfonamides is 1. The van der Waals surface area contributed by atoms with Gasteiger partial charge in [0, 0.05) is 18.4 Å². The lowest BCUT2D eigenvalue weighted by Crippen LogP contribution is -2.13. The summed E-state index contributed by atoms with van der Waals surface area (Å²) >= 11 is 0. The molecule has 0 aliphatic rings. The minimum Gasteiger partial charge on any atom is -0.497 e. The Morgan fingerprint density at radius 1 is 1.33 bits per heavy atom.